The van der Waals surface area contributed by atoms with Gasteiger partial charge in [0.25, 0.3) is 5.79 Å². The van der Waals surface area contributed by atoms with Crippen LogP contribution in [0.15, 0.2) is 0 Å². The average molecular weight is 423 g/mol. The topological polar surface area (TPSA) is 3.24 Å². The Morgan fingerprint density at radius 1 is 0.500 bits per heavy atom. The lowest BCUT2D eigenvalue weighted by atomic mass is 9.65. The molecule has 0 bridgehead atoms. The predicted molar refractivity (Wildman–Crippen MR) is 49.7 cm³/mol. The molecule has 2 atom stereocenters. The Morgan fingerprint density at radius 3 is 1.23 bits per heavy atom. The van der Waals surface area contributed by atoms with Gasteiger partial charge in [-0.15, -0.1) is 0 Å². The highest BCUT2D eigenvalue weighted by Crippen LogP contribution is 2.74. The lowest BCUT2D eigenvalue weighted by molar-refractivity contribution is -0.535. The summed E-state index contributed by atoms with van der Waals surface area (Å²) in [6.07, 6.45) is 0. The molecule has 1 aliphatic carbocycles. The van der Waals surface area contributed by atoms with Crippen LogP contribution in [0.4, 0.5) is 65.9 Å². The van der Waals surface area contributed by atoms with Crippen molar-refractivity contribution in [1.29, 1.82) is 0 Å². The number of piperidine rings is 1. The summed E-state index contributed by atoms with van der Waals surface area (Å²) in [5.74, 6) is -56.7. The van der Waals surface area contributed by atoms with E-state index in [4.69, 9.17) is 0 Å². The summed E-state index contributed by atoms with van der Waals surface area (Å²) in [5, 5.41) is 0. The molecule has 1 heterocycles. The fraction of sp³-hybridized carbons (Fsp3) is 1.00. The maximum Gasteiger partial charge on any atom is 0.387 e. The van der Waals surface area contributed by atoms with Crippen molar-refractivity contribution in [2.75, 3.05) is 7.05 Å². The van der Waals surface area contributed by atoms with Crippen molar-refractivity contribution in [1.82, 2.24) is 4.90 Å². The van der Waals surface area contributed by atoms with Gasteiger partial charge in [-0.05, 0) is 7.05 Å². The van der Waals surface area contributed by atoms with E-state index in [1.54, 1.807) is 0 Å². The first-order valence-corrected chi connectivity index (χ1v) is 6.10. The Balaban J connectivity index is 3.02. The molecule has 0 amide bonds. The quantitative estimate of drug-likeness (QED) is 0.406. The van der Waals surface area contributed by atoms with Crippen LogP contribution < -0.4 is 0 Å². The fourth-order valence-electron chi connectivity index (χ4n) is 2.90. The second kappa shape index (κ2) is 4.48. The van der Waals surface area contributed by atoms with E-state index in [0.29, 0.717) is 0 Å². The zero-order chi connectivity index (χ0) is 21.2. The zero-order valence-electron chi connectivity index (χ0n) is 11.7. The van der Waals surface area contributed by atoms with Crippen LogP contribution in [-0.4, -0.2) is 59.3 Å². The van der Waals surface area contributed by atoms with Gasteiger partial charge in [-0.1, -0.05) is 0 Å². The summed E-state index contributed by atoms with van der Waals surface area (Å²) in [6.45, 7) is 0. The number of fused-ring (bicyclic) bond motifs is 1. The molecular weight excluding hydrogens is 419 g/mol. The van der Waals surface area contributed by atoms with E-state index in [0.717, 1.165) is 0 Å². The third-order valence-corrected chi connectivity index (χ3v) is 4.46. The number of nitrogens with zero attached hydrogens (tertiary/aromatic N) is 1. The summed E-state index contributed by atoms with van der Waals surface area (Å²) in [7, 11) is -0.917. The van der Waals surface area contributed by atoms with Crippen LogP contribution in [0.25, 0.3) is 0 Å². The average Bonchev–Trinajstić information content (AvgIpc) is 2.42. The molecule has 2 rings (SSSR count). The van der Waals surface area contributed by atoms with Gasteiger partial charge in [0.2, 0.25) is 0 Å². The van der Waals surface area contributed by atoms with Crippen molar-refractivity contribution in [3.8, 4) is 0 Å². The lowest BCUT2D eigenvalue weighted by Gasteiger charge is -2.61. The second-order valence-electron chi connectivity index (χ2n) is 5.75. The van der Waals surface area contributed by atoms with Crippen LogP contribution in [-0.2, 0) is 0 Å². The molecular formula is C10H4F15N. The van der Waals surface area contributed by atoms with Gasteiger partial charge in [-0.3, -0.25) is 0 Å². The molecule has 154 valence electrons. The van der Waals surface area contributed by atoms with Gasteiger partial charge in [-0.2, -0.15) is 61.5 Å². The van der Waals surface area contributed by atoms with Crippen molar-refractivity contribution in [3.63, 3.8) is 0 Å². The van der Waals surface area contributed by atoms with Gasteiger partial charge in [0.05, 0.1) is 0 Å². The standard InChI is InChI=1S/C10H4F15N/c1-26-5(15)2(4(13,14)7(18,19)10(26,24)25)3(11,12)6(16,17)9(22,23)8(5,20)21/h2H,1H3. The van der Waals surface area contributed by atoms with Crippen LogP contribution in [0.3, 0.4) is 0 Å². The molecule has 26 heavy (non-hydrogen) atoms. The number of halogens is 15. The molecule has 0 spiro atoms. The first-order valence-electron chi connectivity index (χ1n) is 6.10. The Morgan fingerprint density at radius 2 is 0.846 bits per heavy atom. The Kier molecular flexibility index (Phi) is 3.66. The van der Waals surface area contributed by atoms with Gasteiger partial charge in [0, 0.05) is 0 Å². The number of rotatable bonds is 0. The molecule has 0 aromatic carbocycles. The highest BCUT2D eigenvalue weighted by atomic mass is 19.4. The molecule has 1 saturated carbocycles. The Bertz CT molecular complexity index is 616. The monoisotopic (exact) mass is 423 g/mol. The minimum absolute atomic E-state index is 0.917. The number of hydrogen-bond donors (Lipinski definition) is 0. The van der Waals surface area contributed by atoms with Crippen LogP contribution in [0.1, 0.15) is 0 Å². The maximum atomic E-state index is 14.4. The van der Waals surface area contributed by atoms with Gasteiger partial charge < -0.3 is 0 Å². The molecule has 0 aromatic rings. The largest absolute Gasteiger partial charge is 0.387 e. The number of alkyl halides is 15. The second-order valence-corrected chi connectivity index (χ2v) is 5.75. The van der Waals surface area contributed by atoms with E-state index >= 15 is 0 Å². The molecule has 2 aliphatic rings. The number of likely N-dealkylation sites (tertiary alicyclic amines) is 1. The van der Waals surface area contributed by atoms with Crippen molar-refractivity contribution >= 4 is 0 Å². The van der Waals surface area contributed by atoms with Crippen molar-refractivity contribution in [2.24, 2.45) is 5.92 Å². The number of hydrogen-bond acceptors (Lipinski definition) is 1. The molecule has 0 aromatic heterocycles. The van der Waals surface area contributed by atoms with Crippen molar-refractivity contribution in [2.45, 2.75) is 47.4 Å². The van der Waals surface area contributed by atoms with E-state index < -0.39 is 65.2 Å². The first-order chi connectivity index (χ1) is 11.0. The van der Waals surface area contributed by atoms with E-state index in [2.05, 4.69) is 0 Å². The van der Waals surface area contributed by atoms with Gasteiger partial charge in [-0.25, -0.2) is 9.29 Å². The Labute approximate surface area is 132 Å². The van der Waals surface area contributed by atoms with Crippen LogP contribution in [0.2, 0.25) is 0 Å². The highest BCUT2D eigenvalue weighted by Gasteiger charge is 3.03. The van der Waals surface area contributed by atoms with Gasteiger partial charge >= 0.3 is 41.6 Å². The van der Waals surface area contributed by atoms with Crippen LogP contribution in [0, 0.1) is 5.92 Å². The van der Waals surface area contributed by atoms with E-state index in [1.165, 1.54) is 0 Å². The summed E-state index contributed by atoms with van der Waals surface area (Å²) < 4.78 is 202. The van der Waals surface area contributed by atoms with Crippen molar-refractivity contribution in [3.05, 3.63) is 0 Å². The van der Waals surface area contributed by atoms with Gasteiger partial charge in [0.15, 0.2) is 5.92 Å². The summed E-state index contributed by atoms with van der Waals surface area (Å²) in [5.41, 5.74) is 0. The van der Waals surface area contributed by atoms with E-state index in [9.17, 15) is 65.9 Å². The first kappa shape index (κ1) is 21.2. The third-order valence-electron chi connectivity index (χ3n) is 4.46. The molecule has 2 fully saturated rings. The molecule has 1 saturated heterocycles. The molecule has 2 unspecified atom stereocenters. The molecule has 1 aliphatic heterocycles. The van der Waals surface area contributed by atoms with Crippen LogP contribution >= 0.6 is 0 Å². The lowest BCUT2D eigenvalue weighted by Crippen LogP contribution is -2.91. The molecule has 16 heteroatoms. The normalized spacial score (nSPS) is 41.3. The summed E-state index contributed by atoms with van der Waals surface area (Å²) in [6, 6.07) is -6.73. The van der Waals surface area contributed by atoms with Gasteiger partial charge in [0.1, 0.15) is 0 Å². The Hall–Kier alpha value is -1.09. The summed E-state index contributed by atoms with van der Waals surface area (Å²) >= 11 is 0. The summed E-state index contributed by atoms with van der Waals surface area (Å²) in [4.78, 5) is -2.49. The van der Waals surface area contributed by atoms with Crippen LogP contribution in [0.5, 0.6) is 0 Å². The zero-order valence-corrected chi connectivity index (χ0v) is 11.7. The molecule has 0 N–H and O–H groups in total. The smallest absolute Gasteiger partial charge is 0.218 e. The van der Waals surface area contributed by atoms with E-state index in [1.807, 2.05) is 0 Å². The third kappa shape index (κ3) is 1.60. The predicted octanol–water partition coefficient (Wildman–Crippen LogP) is 4.63. The molecule has 0 radical (unpaired) electrons. The minimum Gasteiger partial charge on any atom is -0.218 e. The molecule has 1 nitrogen and oxygen atoms in total. The minimum atomic E-state index is -7.50. The van der Waals surface area contributed by atoms with Crippen molar-refractivity contribution < 1.29 is 65.9 Å². The fourth-order valence-corrected chi connectivity index (χ4v) is 2.90. The highest BCUT2D eigenvalue weighted by molar-refractivity contribution is 5.28. The van der Waals surface area contributed by atoms with E-state index in [-0.39, 0.29) is 0 Å². The SMILES string of the molecule is CN1C(F)(F)C(F)(F)C(F)(F)C2C(F)(F)C(F)(F)C(F)(F)C(F)(F)C21F. The maximum absolute atomic E-state index is 14.4.